The molecule has 0 aliphatic carbocycles. The molecule has 522 valence electrons. The van der Waals surface area contributed by atoms with E-state index < -0.39 is 0 Å². The number of aromatic nitrogens is 7. The van der Waals surface area contributed by atoms with Crippen molar-refractivity contribution in [2.45, 2.75) is 0 Å². The molecule has 5 aromatic heterocycles. The van der Waals surface area contributed by atoms with E-state index in [9.17, 15) is 0 Å². The summed E-state index contributed by atoms with van der Waals surface area (Å²) < 4.78 is 9.44. The Hall–Kier alpha value is -15.1. The van der Waals surface area contributed by atoms with Crippen LogP contribution in [0.3, 0.4) is 0 Å². The van der Waals surface area contributed by atoms with Gasteiger partial charge in [0.15, 0.2) is 11.6 Å². The minimum atomic E-state index is 0.581. The first-order valence-electron chi connectivity index (χ1n) is 38.2. The Labute approximate surface area is 645 Å². The molecule has 5 heterocycles. The Kier molecular flexibility index (Phi) is 15.1. The summed E-state index contributed by atoms with van der Waals surface area (Å²) >= 11 is 0. The third-order valence-electron chi connectivity index (χ3n) is 22.7. The van der Waals surface area contributed by atoms with Gasteiger partial charge >= 0.3 is 0 Å². The molecule has 23 aromatic rings. The van der Waals surface area contributed by atoms with E-state index in [0.29, 0.717) is 17.6 Å². The molecule has 0 aliphatic rings. The zero-order valence-corrected chi connectivity index (χ0v) is 60.8. The summed E-state index contributed by atoms with van der Waals surface area (Å²) in [6, 6.07) is 146. The fourth-order valence-corrected chi connectivity index (χ4v) is 17.5. The SMILES string of the molecule is c1ccc(-c2ccc3c(c2)c2cc(-c4ccc5c6ccccc6n(-c6ccc7c8ccccc8c8ccccc8c7c6)c5c4)ccc2n3-c2ccccc2)cc1.c1ccc(-c2cccc(-n3c4ccccc4c4cc(-c5ccc6c7ccccc7n(-c7nc(-c8ccccc8)nc(-c8ccccc8)n7)c6c5)ccc43)c2)cc1. The molecule has 23 rings (SSSR count). The van der Waals surface area contributed by atoms with Gasteiger partial charge in [-0.25, -0.2) is 4.98 Å². The Morgan fingerprint density at radius 3 is 0.911 bits per heavy atom. The average molecular weight is 1430 g/mol. The molecule has 7 nitrogen and oxygen atoms in total. The second-order valence-corrected chi connectivity index (χ2v) is 29.0. The monoisotopic (exact) mass is 1430 g/mol. The highest BCUT2D eigenvalue weighted by atomic mass is 15.2. The molecular formula is C105H67N7. The first kappa shape index (κ1) is 64.2. The van der Waals surface area contributed by atoms with Gasteiger partial charge in [-0.2, -0.15) is 9.97 Å². The van der Waals surface area contributed by atoms with Gasteiger partial charge in [-0.1, -0.05) is 303 Å². The number of hydrogen-bond acceptors (Lipinski definition) is 3. The molecule has 0 aliphatic heterocycles. The summed E-state index contributed by atoms with van der Waals surface area (Å²) in [5.74, 6) is 1.85. The molecule has 0 fully saturated rings. The van der Waals surface area contributed by atoms with Gasteiger partial charge in [0.25, 0.3) is 0 Å². The van der Waals surface area contributed by atoms with Crippen LogP contribution in [0.1, 0.15) is 0 Å². The zero-order chi connectivity index (χ0) is 73.7. The maximum atomic E-state index is 5.14. The van der Waals surface area contributed by atoms with Crippen molar-refractivity contribution in [1.29, 1.82) is 0 Å². The molecule has 0 radical (unpaired) electrons. The smallest absolute Gasteiger partial charge is 0.238 e. The number of nitrogens with zero attached hydrogens (tertiary/aromatic N) is 7. The maximum absolute atomic E-state index is 5.14. The molecule has 0 amide bonds. The highest BCUT2D eigenvalue weighted by Gasteiger charge is 2.23. The second-order valence-electron chi connectivity index (χ2n) is 29.0. The molecule has 0 saturated carbocycles. The van der Waals surface area contributed by atoms with Crippen LogP contribution >= 0.6 is 0 Å². The molecule has 0 atom stereocenters. The van der Waals surface area contributed by atoms with Crippen molar-refractivity contribution < 1.29 is 0 Å². The van der Waals surface area contributed by atoms with E-state index in [1.54, 1.807) is 0 Å². The normalized spacial score (nSPS) is 11.8. The van der Waals surface area contributed by atoms with Crippen molar-refractivity contribution in [1.82, 2.24) is 33.2 Å². The van der Waals surface area contributed by atoms with Crippen molar-refractivity contribution in [3.8, 4) is 90.3 Å². The summed E-state index contributed by atoms with van der Waals surface area (Å²) in [5, 5.41) is 17.4. The predicted octanol–water partition coefficient (Wildman–Crippen LogP) is 27.4. The minimum Gasteiger partial charge on any atom is -0.309 e. The van der Waals surface area contributed by atoms with Gasteiger partial charge in [0.2, 0.25) is 5.95 Å². The van der Waals surface area contributed by atoms with E-state index in [2.05, 4.69) is 364 Å². The van der Waals surface area contributed by atoms with Crippen LogP contribution in [-0.4, -0.2) is 33.2 Å². The van der Waals surface area contributed by atoms with Gasteiger partial charge < -0.3 is 13.7 Å². The van der Waals surface area contributed by atoms with Gasteiger partial charge in [-0.05, 0) is 180 Å². The molecule has 112 heavy (non-hydrogen) atoms. The van der Waals surface area contributed by atoms with E-state index in [-0.39, 0.29) is 0 Å². The summed E-state index contributed by atoms with van der Waals surface area (Å²) in [4.78, 5) is 15.3. The van der Waals surface area contributed by atoms with Crippen molar-refractivity contribution in [2.24, 2.45) is 0 Å². The van der Waals surface area contributed by atoms with Crippen molar-refractivity contribution >= 4 is 120 Å². The molecule has 0 unspecified atom stereocenters. The van der Waals surface area contributed by atoms with E-state index in [1.165, 1.54) is 131 Å². The van der Waals surface area contributed by atoms with Crippen LogP contribution in [0, 0.1) is 0 Å². The van der Waals surface area contributed by atoms with Crippen LogP contribution in [0.15, 0.2) is 406 Å². The van der Waals surface area contributed by atoms with Crippen molar-refractivity contribution in [2.75, 3.05) is 0 Å². The molecule has 7 heteroatoms. The highest BCUT2D eigenvalue weighted by Crippen LogP contribution is 2.44. The van der Waals surface area contributed by atoms with Crippen LogP contribution in [0.25, 0.3) is 210 Å². The average Bonchev–Trinajstić information content (AvgIpc) is 1.38. The van der Waals surface area contributed by atoms with Gasteiger partial charge in [0.1, 0.15) is 0 Å². The summed E-state index contributed by atoms with van der Waals surface area (Å²) in [5.41, 5.74) is 24.1. The molecule has 18 aromatic carbocycles. The van der Waals surface area contributed by atoms with Crippen LogP contribution in [0.2, 0.25) is 0 Å². The third kappa shape index (κ3) is 10.7. The first-order chi connectivity index (χ1) is 55.5. The second kappa shape index (κ2) is 26.4. The Balaban J connectivity index is 0.000000137. The van der Waals surface area contributed by atoms with Crippen LogP contribution in [0.5, 0.6) is 0 Å². The van der Waals surface area contributed by atoms with Crippen LogP contribution in [-0.2, 0) is 0 Å². The van der Waals surface area contributed by atoms with Gasteiger partial charge in [-0.3, -0.25) is 4.57 Å². The van der Waals surface area contributed by atoms with Gasteiger partial charge in [-0.15, -0.1) is 0 Å². The molecule has 0 N–H and O–H groups in total. The van der Waals surface area contributed by atoms with E-state index >= 15 is 0 Å². The Morgan fingerprint density at radius 1 is 0.134 bits per heavy atom. The largest absolute Gasteiger partial charge is 0.309 e. The highest BCUT2D eigenvalue weighted by molar-refractivity contribution is 6.26. The Bertz CT molecular complexity index is 7570. The quantitative estimate of drug-likeness (QED) is 0.128. The lowest BCUT2D eigenvalue weighted by molar-refractivity contribution is 0.953. The zero-order valence-electron chi connectivity index (χ0n) is 60.8. The summed E-state index contributed by atoms with van der Waals surface area (Å²) in [6.07, 6.45) is 0. The standard InChI is InChI=1S/C54H34N2.C51H33N5/c1-3-13-35(14-4-1)36-24-29-52-49(31-36)50-32-37(25-30-53(50)55(52)39-15-5-2-6-16-39)38-23-27-47-46-21-11-12-22-51(46)56(54(47)33-38)40-26-28-45-43-19-8-7-17-41(43)42-18-9-10-20-44(42)48(45)34-40;1-4-15-34(16-5-1)37-21-14-22-40(31-37)55-45-25-12-11-24-42(45)44-32-38(28-30-47(44)55)39-27-29-43-41-23-10-13-26-46(41)56(48(43)33-39)51-53-49(35-17-6-2-7-18-35)52-50(54-51)36-19-8-3-9-20-36/h1-34H;1-33H. The molecule has 0 spiro atoms. The predicted molar refractivity (Wildman–Crippen MR) is 469 cm³/mol. The topological polar surface area (TPSA) is 58.4 Å². The van der Waals surface area contributed by atoms with E-state index in [0.717, 1.165) is 61.1 Å². The molecule has 0 saturated heterocycles. The number of para-hydroxylation sites is 4. The van der Waals surface area contributed by atoms with Crippen LogP contribution in [0.4, 0.5) is 0 Å². The first-order valence-corrected chi connectivity index (χ1v) is 38.2. The van der Waals surface area contributed by atoms with Gasteiger partial charge in [0, 0.05) is 71.3 Å². The minimum absolute atomic E-state index is 0.581. The van der Waals surface area contributed by atoms with Crippen molar-refractivity contribution in [3.63, 3.8) is 0 Å². The fraction of sp³-hybridized carbons (Fsp3) is 0. The maximum Gasteiger partial charge on any atom is 0.238 e. The summed E-state index contributed by atoms with van der Waals surface area (Å²) in [6.45, 7) is 0. The number of hydrogen-bond donors (Lipinski definition) is 0. The third-order valence-corrected chi connectivity index (χ3v) is 22.7. The lowest BCUT2D eigenvalue weighted by Gasteiger charge is -2.14. The summed E-state index contributed by atoms with van der Waals surface area (Å²) in [7, 11) is 0. The van der Waals surface area contributed by atoms with Crippen LogP contribution < -0.4 is 0 Å². The number of rotatable bonds is 10. The Morgan fingerprint density at radius 2 is 0.420 bits per heavy atom. The lowest BCUT2D eigenvalue weighted by atomic mass is 9.94. The number of fused-ring (bicyclic) bond motifs is 18. The lowest BCUT2D eigenvalue weighted by Crippen LogP contribution is -2.06. The molecule has 0 bridgehead atoms. The number of benzene rings is 18. The molecular weight excluding hydrogens is 1360 g/mol. The van der Waals surface area contributed by atoms with Crippen molar-refractivity contribution in [3.05, 3.63) is 406 Å². The van der Waals surface area contributed by atoms with Gasteiger partial charge in [0.05, 0.1) is 44.1 Å². The fourth-order valence-electron chi connectivity index (χ4n) is 17.5. The van der Waals surface area contributed by atoms with E-state index in [4.69, 9.17) is 15.0 Å². The van der Waals surface area contributed by atoms with E-state index in [1.807, 2.05) is 60.7 Å².